The normalized spacial score (nSPS) is 24.0. The third-order valence-electron chi connectivity index (χ3n) is 5.37. The smallest absolute Gasteiger partial charge is 0.222 e. The Morgan fingerprint density at radius 1 is 1.21 bits per heavy atom. The number of nitrogens with zero attached hydrogens (tertiary/aromatic N) is 4. The number of carbonyl (C=O) groups excluding carboxylic acids is 1. The third-order valence-corrected chi connectivity index (χ3v) is 5.37. The van der Waals surface area contributed by atoms with E-state index < -0.39 is 6.10 Å². The van der Waals surface area contributed by atoms with Gasteiger partial charge in [-0.05, 0) is 19.3 Å². The van der Waals surface area contributed by atoms with Gasteiger partial charge in [0.2, 0.25) is 5.91 Å². The summed E-state index contributed by atoms with van der Waals surface area (Å²) in [5.74, 6) is 1.94. The molecule has 1 amide bonds. The number of piperazine rings is 1. The van der Waals surface area contributed by atoms with Crippen LogP contribution >= 0.6 is 0 Å². The highest BCUT2D eigenvalue weighted by Gasteiger charge is 2.28. The zero-order valence-corrected chi connectivity index (χ0v) is 14.2. The van der Waals surface area contributed by atoms with E-state index in [1.54, 1.807) is 4.90 Å². The Morgan fingerprint density at radius 2 is 2.00 bits per heavy atom. The lowest BCUT2D eigenvalue weighted by molar-refractivity contribution is -0.129. The van der Waals surface area contributed by atoms with Crippen LogP contribution in [0.1, 0.15) is 37.3 Å². The van der Waals surface area contributed by atoms with Crippen molar-refractivity contribution in [2.45, 2.75) is 37.7 Å². The molecule has 0 aromatic carbocycles. The number of rotatable bonds is 6. The summed E-state index contributed by atoms with van der Waals surface area (Å²) in [5, 5.41) is 17.9. The second kappa shape index (κ2) is 6.72. The van der Waals surface area contributed by atoms with Gasteiger partial charge in [0, 0.05) is 69.9 Å². The van der Waals surface area contributed by atoms with E-state index in [2.05, 4.69) is 26.1 Å². The first kappa shape index (κ1) is 15.9. The quantitative estimate of drug-likeness (QED) is 0.788. The minimum Gasteiger partial charge on any atom is -0.390 e. The summed E-state index contributed by atoms with van der Waals surface area (Å²) >= 11 is 0. The van der Waals surface area contributed by atoms with E-state index in [1.165, 1.54) is 18.5 Å². The number of aromatic amines is 1. The molecule has 3 aliphatic rings. The molecule has 7 nitrogen and oxygen atoms in total. The van der Waals surface area contributed by atoms with Crippen LogP contribution < -0.4 is 4.90 Å². The van der Waals surface area contributed by atoms with E-state index in [4.69, 9.17) is 0 Å². The van der Waals surface area contributed by atoms with Crippen LogP contribution in [0.2, 0.25) is 0 Å². The van der Waals surface area contributed by atoms with Crippen molar-refractivity contribution in [1.82, 2.24) is 20.0 Å². The van der Waals surface area contributed by atoms with Crippen molar-refractivity contribution in [3.8, 4) is 0 Å². The van der Waals surface area contributed by atoms with Gasteiger partial charge < -0.3 is 14.9 Å². The maximum Gasteiger partial charge on any atom is 0.222 e. The van der Waals surface area contributed by atoms with Crippen LogP contribution in [0.15, 0.2) is 6.07 Å². The Morgan fingerprint density at radius 3 is 2.67 bits per heavy atom. The molecule has 2 N–H and O–H groups in total. The van der Waals surface area contributed by atoms with Gasteiger partial charge in [-0.1, -0.05) is 0 Å². The molecular formula is C17H27N5O2. The largest absolute Gasteiger partial charge is 0.390 e. The van der Waals surface area contributed by atoms with Crippen LogP contribution in [0.5, 0.6) is 0 Å². The minimum absolute atomic E-state index is 0.184. The molecule has 1 aromatic heterocycles. The molecule has 3 fully saturated rings. The molecule has 1 aliphatic carbocycles. The summed E-state index contributed by atoms with van der Waals surface area (Å²) in [6, 6.07) is 2.20. The fourth-order valence-corrected chi connectivity index (χ4v) is 3.76. The van der Waals surface area contributed by atoms with Crippen molar-refractivity contribution >= 4 is 11.7 Å². The molecule has 0 bridgehead atoms. The lowest BCUT2D eigenvalue weighted by atomic mass is 10.2. The topological polar surface area (TPSA) is 75.7 Å². The van der Waals surface area contributed by atoms with Crippen molar-refractivity contribution in [2.24, 2.45) is 0 Å². The van der Waals surface area contributed by atoms with Crippen molar-refractivity contribution in [2.75, 3.05) is 50.7 Å². The van der Waals surface area contributed by atoms with Gasteiger partial charge in [-0.15, -0.1) is 0 Å². The maximum atomic E-state index is 11.6. The number of hydrogen-bond donors (Lipinski definition) is 2. The number of aliphatic hydroxyl groups is 1. The van der Waals surface area contributed by atoms with Gasteiger partial charge in [0.15, 0.2) is 5.82 Å². The van der Waals surface area contributed by atoms with Gasteiger partial charge >= 0.3 is 0 Å². The Hall–Kier alpha value is -1.60. The van der Waals surface area contributed by atoms with E-state index in [1.807, 2.05) is 0 Å². The highest BCUT2D eigenvalue weighted by Crippen LogP contribution is 2.39. The zero-order valence-electron chi connectivity index (χ0n) is 14.2. The first-order valence-electron chi connectivity index (χ1n) is 9.17. The molecule has 1 saturated carbocycles. The summed E-state index contributed by atoms with van der Waals surface area (Å²) in [6.45, 7) is 5.64. The second-order valence-electron chi connectivity index (χ2n) is 7.34. The van der Waals surface area contributed by atoms with Crippen molar-refractivity contribution < 1.29 is 9.90 Å². The number of aliphatic hydroxyl groups excluding tert-OH is 1. The van der Waals surface area contributed by atoms with Crippen molar-refractivity contribution in [3.05, 3.63) is 11.8 Å². The third kappa shape index (κ3) is 3.57. The van der Waals surface area contributed by atoms with Gasteiger partial charge in [-0.3, -0.25) is 14.8 Å². The van der Waals surface area contributed by atoms with E-state index >= 15 is 0 Å². The SMILES string of the molecule is O=C1CCCN1CC(O)CN1CCN(c2cc(C3CC3)[nH]n2)CC1. The number of likely N-dealkylation sites (tertiary alicyclic amines) is 1. The molecular weight excluding hydrogens is 306 g/mol. The van der Waals surface area contributed by atoms with Gasteiger partial charge in [0.05, 0.1) is 6.10 Å². The van der Waals surface area contributed by atoms with E-state index in [-0.39, 0.29) is 5.91 Å². The summed E-state index contributed by atoms with van der Waals surface area (Å²) < 4.78 is 0. The van der Waals surface area contributed by atoms with Crippen LogP contribution in [0, 0.1) is 0 Å². The van der Waals surface area contributed by atoms with Crippen molar-refractivity contribution in [3.63, 3.8) is 0 Å². The standard InChI is InChI=1S/C17H27N5O2/c23-14(12-22-5-1-2-17(22)24)11-20-6-8-21(9-7-20)16-10-15(18-19-16)13-3-4-13/h10,13-14,23H,1-9,11-12H2,(H,18,19). The highest BCUT2D eigenvalue weighted by molar-refractivity contribution is 5.78. The van der Waals surface area contributed by atoms with E-state index in [9.17, 15) is 9.90 Å². The number of aromatic nitrogens is 2. The Labute approximate surface area is 142 Å². The first-order chi connectivity index (χ1) is 11.7. The molecule has 132 valence electrons. The van der Waals surface area contributed by atoms with Gasteiger partial charge in [0.1, 0.15) is 0 Å². The Balaban J connectivity index is 1.22. The highest BCUT2D eigenvalue weighted by atomic mass is 16.3. The molecule has 2 aliphatic heterocycles. The van der Waals surface area contributed by atoms with E-state index in [0.717, 1.165) is 45.0 Å². The summed E-state index contributed by atoms with van der Waals surface area (Å²) in [5.41, 5.74) is 1.28. The van der Waals surface area contributed by atoms with Gasteiger partial charge in [-0.25, -0.2) is 0 Å². The lowest BCUT2D eigenvalue weighted by Gasteiger charge is -2.36. The number of nitrogens with one attached hydrogen (secondary N) is 1. The number of anilines is 1. The molecule has 1 unspecified atom stereocenters. The van der Waals surface area contributed by atoms with Crippen LogP contribution in [-0.4, -0.2) is 82.9 Å². The van der Waals surface area contributed by atoms with Crippen LogP contribution in [0.4, 0.5) is 5.82 Å². The molecule has 2 saturated heterocycles. The number of amides is 1. The number of hydrogen-bond acceptors (Lipinski definition) is 5. The molecule has 0 spiro atoms. The second-order valence-corrected chi connectivity index (χ2v) is 7.34. The van der Waals surface area contributed by atoms with E-state index in [0.29, 0.717) is 25.4 Å². The molecule has 0 radical (unpaired) electrons. The van der Waals surface area contributed by atoms with Crippen LogP contribution in [-0.2, 0) is 4.79 Å². The molecule has 24 heavy (non-hydrogen) atoms. The monoisotopic (exact) mass is 333 g/mol. The maximum absolute atomic E-state index is 11.6. The summed E-state index contributed by atoms with van der Waals surface area (Å²) in [6.07, 6.45) is 3.68. The van der Waals surface area contributed by atoms with Crippen LogP contribution in [0.3, 0.4) is 0 Å². The Bertz CT molecular complexity index is 577. The number of carbonyl (C=O) groups is 1. The zero-order chi connectivity index (χ0) is 16.5. The molecule has 1 atom stereocenters. The van der Waals surface area contributed by atoms with Gasteiger partial charge in [0.25, 0.3) is 0 Å². The molecule has 7 heteroatoms. The fourth-order valence-electron chi connectivity index (χ4n) is 3.76. The molecule has 3 heterocycles. The van der Waals surface area contributed by atoms with Crippen LogP contribution in [0.25, 0.3) is 0 Å². The fraction of sp³-hybridized carbons (Fsp3) is 0.765. The van der Waals surface area contributed by atoms with Crippen molar-refractivity contribution in [1.29, 1.82) is 0 Å². The van der Waals surface area contributed by atoms with Gasteiger partial charge in [-0.2, -0.15) is 5.10 Å². The molecule has 1 aromatic rings. The minimum atomic E-state index is -0.453. The lowest BCUT2D eigenvalue weighted by Crippen LogP contribution is -2.50. The predicted octanol–water partition coefficient (Wildman–Crippen LogP) is 0.392. The summed E-state index contributed by atoms with van der Waals surface area (Å²) in [4.78, 5) is 18.0. The first-order valence-corrected chi connectivity index (χ1v) is 9.17. The summed E-state index contributed by atoms with van der Waals surface area (Å²) in [7, 11) is 0. The Kier molecular flexibility index (Phi) is 4.45. The number of β-amino-alcohol motifs (C(OH)–C–C–N with tert-alkyl or cyclic N) is 1. The average molecular weight is 333 g/mol. The predicted molar refractivity (Wildman–Crippen MR) is 91.0 cm³/mol. The average Bonchev–Trinajstić information content (AvgIpc) is 3.18. The number of H-pyrrole nitrogens is 1. The molecule has 4 rings (SSSR count).